The molecule has 6 heteroatoms. The van der Waals surface area contributed by atoms with Crippen LogP contribution in [0, 0.1) is 0 Å². The minimum absolute atomic E-state index is 0. The number of hydrogen-bond acceptors (Lipinski definition) is 2. The summed E-state index contributed by atoms with van der Waals surface area (Å²) >= 11 is 0. The molecule has 1 atom stereocenters. The summed E-state index contributed by atoms with van der Waals surface area (Å²) in [6.45, 7) is 5.94. The maximum atomic E-state index is 12.7. The SMILES string of the molecule is CCCC[C@H](c1ccc(C(F)(F)F)cc1)N1CCNCC1.Cl. The zero-order valence-corrected chi connectivity index (χ0v) is 13.6. The summed E-state index contributed by atoms with van der Waals surface area (Å²) in [6.07, 6.45) is -1.06. The van der Waals surface area contributed by atoms with Crippen LogP contribution in [-0.4, -0.2) is 31.1 Å². The predicted octanol–water partition coefficient (Wildman–Crippen LogP) is 4.26. The molecule has 0 bridgehead atoms. The number of hydrogen-bond donors (Lipinski definition) is 1. The Bertz CT molecular complexity index is 428. The number of unbranched alkanes of at least 4 members (excludes halogenated alkanes) is 1. The van der Waals surface area contributed by atoms with E-state index in [2.05, 4.69) is 17.1 Å². The second-order valence-corrected chi connectivity index (χ2v) is 5.56. The van der Waals surface area contributed by atoms with E-state index in [-0.39, 0.29) is 18.4 Å². The third-order valence-corrected chi connectivity index (χ3v) is 4.05. The van der Waals surface area contributed by atoms with E-state index in [0.29, 0.717) is 0 Å². The smallest absolute Gasteiger partial charge is 0.314 e. The summed E-state index contributed by atoms with van der Waals surface area (Å²) in [5, 5.41) is 3.32. The van der Waals surface area contributed by atoms with Crippen molar-refractivity contribution in [2.75, 3.05) is 26.2 Å². The van der Waals surface area contributed by atoms with Gasteiger partial charge in [0.2, 0.25) is 0 Å². The normalized spacial score (nSPS) is 17.8. The van der Waals surface area contributed by atoms with Crippen molar-refractivity contribution in [2.24, 2.45) is 0 Å². The number of rotatable bonds is 5. The van der Waals surface area contributed by atoms with E-state index in [1.54, 1.807) is 12.1 Å². The monoisotopic (exact) mass is 336 g/mol. The lowest BCUT2D eigenvalue weighted by Gasteiger charge is -2.35. The molecule has 2 rings (SSSR count). The summed E-state index contributed by atoms with van der Waals surface area (Å²) in [6, 6.07) is 5.93. The van der Waals surface area contributed by atoms with E-state index in [4.69, 9.17) is 0 Å². The van der Waals surface area contributed by atoms with E-state index in [9.17, 15) is 13.2 Å². The van der Waals surface area contributed by atoms with Gasteiger partial charge < -0.3 is 5.32 Å². The molecule has 1 aromatic carbocycles. The molecule has 126 valence electrons. The Morgan fingerprint density at radius 3 is 2.23 bits per heavy atom. The molecule has 0 unspecified atom stereocenters. The number of halogens is 4. The average Bonchev–Trinajstić information content (AvgIpc) is 2.48. The van der Waals surface area contributed by atoms with Gasteiger partial charge in [-0.15, -0.1) is 12.4 Å². The number of alkyl halides is 3. The molecule has 22 heavy (non-hydrogen) atoms. The second-order valence-electron chi connectivity index (χ2n) is 5.56. The topological polar surface area (TPSA) is 15.3 Å². The summed E-state index contributed by atoms with van der Waals surface area (Å²) in [5.41, 5.74) is 0.430. The Kier molecular flexibility index (Phi) is 7.66. The van der Waals surface area contributed by atoms with Gasteiger partial charge in [0.05, 0.1) is 5.56 Å². The molecule has 1 aliphatic rings. The Hall–Kier alpha value is -0.780. The van der Waals surface area contributed by atoms with Crippen molar-refractivity contribution < 1.29 is 13.2 Å². The third kappa shape index (κ3) is 5.14. The lowest BCUT2D eigenvalue weighted by molar-refractivity contribution is -0.137. The van der Waals surface area contributed by atoms with Gasteiger partial charge in [0.15, 0.2) is 0 Å². The van der Waals surface area contributed by atoms with Crippen molar-refractivity contribution >= 4 is 12.4 Å². The number of benzene rings is 1. The first-order valence-corrected chi connectivity index (χ1v) is 7.64. The van der Waals surface area contributed by atoms with Gasteiger partial charge in [0.25, 0.3) is 0 Å². The van der Waals surface area contributed by atoms with Gasteiger partial charge in [-0.1, -0.05) is 31.9 Å². The minimum atomic E-state index is -4.26. The highest BCUT2D eigenvalue weighted by Gasteiger charge is 2.30. The van der Waals surface area contributed by atoms with Gasteiger partial charge in [0, 0.05) is 32.2 Å². The molecule has 1 N–H and O–H groups in total. The first-order chi connectivity index (χ1) is 10.0. The Morgan fingerprint density at radius 1 is 1.14 bits per heavy atom. The highest BCUT2D eigenvalue weighted by molar-refractivity contribution is 5.85. The van der Waals surface area contributed by atoms with Crippen LogP contribution in [-0.2, 0) is 6.18 Å². The van der Waals surface area contributed by atoms with Crippen LogP contribution in [0.4, 0.5) is 13.2 Å². The summed E-state index contributed by atoms with van der Waals surface area (Å²) < 4.78 is 38.0. The van der Waals surface area contributed by atoms with E-state index in [1.807, 2.05) is 0 Å². The van der Waals surface area contributed by atoms with Crippen LogP contribution in [0.3, 0.4) is 0 Å². The van der Waals surface area contributed by atoms with Crippen molar-refractivity contribution in [2.45, 2.75) is 38.4 Å². The molecule has 1 aliphatic heterocycles. The van der Waals surface area contributed by atoms with Crippen LogP contribution in [0.5, 0.6) is 0 Å². The van der Waals surface area contributed by atoms with Crippen LogP contribution in [0.15, 0.2) is 24.3 Å². The molecule has 0 aliphatic carbocycles. The van der Waals surface area contributed by atoms with Crippen molar-refractivity contribution in [3.8, 4) is 0 Å². The molecule has 1 saturated heterocycles. The summed E-state index contributed by atoms with van der Waals surface area (Å²) in [5.74, 6) is 0. The zero-order chi connectivity index (χ0) is 15.3. The maximum absolute atomic E-state index is 12.7. The van der Waals surface area contributed by atoms with Gasteiger partial charge >= 0.3 is 6.18 Å². The number of nitrogens with zero attached hydrogens (tertiary/aromatic N) is 1. The fourth-order valence-electron chi connectivity index (χ4n) is 2.85. The largest absolute Gasteiger partial charge is 0.416 e. The number of nitrogens with one attached hydrogen (secondary N) is 1. The molecule has 0 amide bonds. The predicted molar refractivity (Wildman–Crippen MR) is 85.4 cm³/mol. The molecule has 0 spiro atoms. The van der Waals surface area contributed by atoms with E-state index in [0.717, 1.165) is 51.0 Å². The van der Waals surface area contributed by atoms with Crippen molar-refractivity contribution in [3.05, 3.63) is 35.4 Å². The second kappa shape index (κ2) is 8.75. The quantitative estimate of drug-likeness (QED) is 0.864. The first kappa shape index (κ1) is 19.3. The molecule has 1 aromatic rings. The van der Waals surface area contributed by atoms with Gasteiger partial charge in [-0.2, -0.15) is 13.2 Å². The van der Waals surface area contributed by atoms with Gasteiger partial charge in [-0.3, -0.25) is 4.90 Å². The summed E-state index contributed by atoms with van der Waals surface area (Å²) in [7, 11) is 0. The van der Waals surface area contributed by atoms with Crippen LogP contribution < -0.4 is 5.32 Å². The molecule has 1 heterocycles. The summed E-state index contributed by atoms with van der Waals surface area (Å²) in [4.78, 5) is 2.38. The first-order valence-electron chi connectivity index (χ1n) is 7.64. The van der Waals surface area contributed by atoms with Crippen molar-refractivity contribution in [1.82, 2.24) is 10.2 Å². The molecule has 1 fully saturated rings. The van der Waals surface area contributed by atoms with E-state index >= 15 is 0 Å². The van der Waals surface area contributed by atoms with Crippen LogP contribution >= 0.6 is 12.4 Å². The Morgan fingerprint density at radius 2 is 1.73 bits per heavy atom. The fraction of sp³-hybridized carbons (Fsp3) is 0.625. The van der Waals surface area contributed by atoms with Gasteiger partial charge in [-0.05, 0) is 24.1 Å². The standard InChI is InChI=1S/C16H23F3N2.ClH/c1-2-3-4-15(21-11-9-20-10-12-21)13-5-7-14(8-6-13)16(17,18)19;/h5-8,15,20H,2-4,9-12H2,1H3;1H/t15-;/m1./s1. The van der Waals surface area contributed by atoms with Crippen molar-refractivity contribution in [1.29, 1.82) is 0 Å². The number of piperazine rings is 1. The minimum Gasteiger partial charge on any atom is -0.314 e. The van der Waals surface area contributed by atoms with Crippen molar-refractivity contribution in [3.63, 3.8) is 0 Å². The highest BCUT2D eigenvalue weighted by Crippen LogP contribution is 2.32. The lowest BCUT2D eigenvalue weighted by Crippen LogP contribution is -2.45. The Balaban J connectivity index is 0.00000242. The molecular weight excluding hydrogens is 313 g/mol. The zero-order valence-electron chi connectivity index (χ0n) is 12.8. The van der Waals surface area contributed by atoms with Gasteiger partial charge in [0.1, 0.15) is 0 Å². The molecule has 0 saturated carbocycles. The van der Waals surface area contributed by atoms with E-state index in [1.165, 1.54) is 12.1 Å². The van der Waals surface area contributed by atoms with E-state index < -0.39 is 11.7 Å². The average molecular weight is 337 g/mol. The maximum Gasteiger partial charge on any atom is 0.416 e. The molecule has 0 aromatic heterocycles. The Labute approximate surface area is 136 Å². The van der Waals surface area contributed by atoms with Crippen LogP contribution in [0.2, 0.25) is 0 Å². The fourth-order valence-corrected chi connectivity index (χ4v) is 2.85. The van der Waals surface area contributed by atoms with Crippen LogP contribution in [0.1, 0.15) is 43.4 Å². The molecule has 0 radical (unpaired) electrons. The van der Waals surface area contributed by atoms with Crippen LogP contribution in [0.25, 0.3) is 0 Å². The highest BCUT2D eigenvalue weighted by atomic mass is 35.5. The molecular formula is C16H24ClF3N2. The lowest BCUT2D eigenvalue weighted by atomic mass is 9.97. The molecule has 2 nitrogen and oxygen atoms in total. The third-order valence-electron chi connectivity index (χ3n) is 4.05. The van der Waals surface area contributed by atoms with Gasteiger partial charge in [-0.25, -0.2) is 0 Å².